The first-order chi connectivity index (χ1) is 18.2. The Labute approximate surface area is 246 Å². The Balaban J connectivity index is 0.000000211. The molecule has 0 aliphatic rings. The fourth-order valence-electron chi connectivity index (χ4n) is 3.99. The summed E-state index contributed by atoms with van der Waals surface area (Å²) >= 11 is 24.1. The van der Waals surface area contributed by atoms with Gasteiger partial charge in [0.25, 0.3) is 0 Å². The lowest BCUT2D eigenvalue weighted by Crippen LogP contribution is -2.06. The maximum Gasteiger partial charge on any atom is 0.0819 e. The van der Waals surface area contributed by atoms with E-state index in [0.717, 1.165) is 42.3 Å². The number of hydrogen-bond acceptors (Lipinski definition) is 2. The van der Waals surface area contributed by atoms with Crippen molar-refractivity contribution in [1.29, 1.82) is 0 Å². The summed E-state index contributed by atoms with van der Waals surface area (Å²) in [6.07, 6.45) is -0.133. The van der Waals surface area contributed by atoms with Gasteiger partial charge in [0, 0.05) is 20.1 Å². The summed E-state index contributed by atoms with van der Waals surface area (Å²) in [4.78, 5) is 0. The summed E-state index contributed by atoms with van der Waals surface area (Å²) in [5.74, 6) is 0. The summed E-state index contributed by atoms with van der Waals surface area (Å²) in [7, 11) is 0. The van der Waals surface area contributed by atoms with Crippen LogP contribution in [0.3, 0.4) is 0 Å². The molecule has 0 heterocycles. The molecule has 4 rings (SSSR count). The number of hydrogen-bond donors (Lipinski definition) is 0. The molecule has 0 radical (unpaired) electrons. The molecule has 4 aromatic rings. The standard InChI is InChI=1S/2C16H16Cl2O/c1-11(13-3-7-15(17)8-4-13)19-12(2)14-5-9-16(18)10-6-14;1-11(13-7-3-5-9-15(13)17)19-12(2)14-8-4-6-10-16(14)18/h2*3-12H,1-2H3. The van der Waals surface area contributed by atoms with Gasteiger partial charge in [0.15, 0.2) is 0 Å². The largest absolute Gasteiger partial charge is 0.366 e. The first-order valence-electron chi connectivity index (χ1n) is 12.5. The Kier molecular flexibility index (Phi) is 12.0. The van der Waals surface area contributed by atoms with E-state index in [4.69, 9.17) is 55.9 Å². The van der Waals surface area contributed by atoms with Crippen LogP contribution < -0.4 is 0 Å². The Bertz CT molecular complexity index is 1180. The minimum absolute atomic E-state index is 0.0166. The monoisotopic (exact) mass is 588 g/mol. The summed E-state index contributed by atoms with van der Waals surface area (Å²) in [5.41, 5.74) is 4.21. The molecule has 0 fully saturated rings. The molecule has 0 N–H and O–H groups in total. The van der Waals surface area contributed by atoms with E-state index >= 15 is 0 Å². The molecule has 0 saturated carbocycles. The third-order valence-corrected chi connectivity index (χ3v) is 7.37. The molecule has 4 unspecified atom stereocenters. The number of rotatable bonds is 8. The Morgan fingerprint density at radius 3 is 1.08 bits per heavy atom. The quantitative estimate of drug-likeness (QED) is 0.203. The minimum atomic E-state index is -0.0834. The highest BCUT2D eigenvalue weighted by Crippen LogP contribution is 2.33. The second-order valence-corrected chi connectivity index (χ2v) is 10.7. The van der Waals surface area contributed by atoms with Crippen molar-refractivity contribution in [3.05, 3.63) is 139 Å². The zero-order chi connectivity index (χ0) is 27.7. The molecule has 4 atom stereocenters. The lowest BCUT2D eigenvalue weighted by Gasteiger charge is -2.21. The fraction of sp³-hybridized carbons (Fsp3) is 0.250. The lowest BCUT2D eigenvalue weighted by atomic mass is 10.1. The molecule has 0 spiro atoms. The van der Waals surface area contributed by atoms with Crippen LogP contribution in [0.15, 0.2) is 97.1 Å². The molecule has 38 heavy (non-hydrogen) atoms. The third-order valence-electron chi connectivity index (χ3n) is 6.18. The smallest absolute Gasteiger partial charge is 0.0819 e. The van der Waals surface area contributed by atoms with Crippen LogP contribution in [-0.2, 0) is 9.47 Å². The van der Waals surface area contributed by atoms with Gasteiger partial charge in [-0.1, -0.05) is 107 Å². The van der Waals surface area contributed by atoms with E-state index in [1.807, 2.05) is 125 Å². The SMILES string of the molecule is CC(OC(C)c1ccc(Cl)cc1)c1ccc(Cl)cc1.CC(OC(C)c1ccccc1Cl)c1ccccc1Cl. The summed E-state index contributed by atoms with van der Waals surface area (Å²) < 4.78 is 12.0. The molecule has 0 aliphatic heterocycles. The summed E-state index contributed by atoms with van der Waals surface area (Å²) in [6.45, 7) is 8.06. The molecule has 4 aromatic carbocycles. The Morgan fingerprint density at radius 2 is 0.737 bits per heavy atom. The maximum atomic E-state index is 6.17. The van der Waals surface area contributed by atoms with Gasteiger partial charge in [-0.2, -0.15) is 0 Å². The molecule has 0 bridgehead atoms. The van der Waals surface area contributed by atoms with E-state index in [1.165, 1.54) is 0 Å². The average Bonchev–Trinajstić information content (AvgIpc) is 2.90. The number of ether oxygens (including phenoxy) is 2. The predicted molar refractivity (Wildman–Crippen MR) is 162 cm³/mol. The molecule has 0 amide bonds. The zero-order valence-electron chi connectivity index (χ0n) is 21.9. The second kappa shape index (κ2) is 14.9. The van der Waals surface area contributed by atoms with E-state index in [2.05, 4.69) is 0 Å². The van der Waals surface area contributed by atoms with Crippen molar-refractivity contribution in [2.45, 2.75) is 52.1 Å². The Morgan fingerprint density at radius 1 is 0.421 bits per heavy atom. The molecule has 2 nitrogen and oxygen atoms in total. The molecular formula is C32H32Cl4O2. The van der Waals surface area contributed by atoms with Crippen LogP contribution in [0, 0.1) is 0 Å². The second-order valence-electron chi connectivity index (χ2n) is 8.99. The van der Waals surface area contributed by atoms with Crippen LogP contribution >= 0.6 is 46.4 Å². The first-order valence-corrected chi connectivity index (χ1v) is 14.0. The van der Waals surface area contributed by atoms with Crippen LogP contribution in [0.1, 0.15) is 74.4 Å². The predicted octanol–water partition coefficient (Wildman–Crippen LogP) is 11.7. The van der Waals surface area contributed by atoms with E-state index in [1.54, 1.807) is 0 Å². The topological polar surface area (TPSA) is 18.5 Å². The van der Waals surface area contributed by atoms with E-state index < -0.39 is 0 Å². The van der Waals surface area contributed by atoms with Gasteiger partial charge in [0.2, 0.25) is 0 Å². The molecule has 200 valence electrons. The third kappa shape index (κ3) is 9.02. The van der Waals surface area contributed by atoms with Crippen LogP contribution in [0.25, 0.3) is 0 Å². The van der Waals surface area contributed by atoms with Crippen molar-refractivity contribution in [3.63, 3.8) is 0 Å². The van der Waals surface area contributed by atoms with E-state index in [9.17, 15) is 0 Å². The van der Waals surface area contributed by atoms with Crippen LogP contribution in [0.2, 0.25) is 20.1 Å². The molecule has 6 heteroatoms. The van der Waals surface area contributed by atoms with Crippen molar-refractivity contribution in [1.82, 2.24) is 0 Å². The van der Waals surface area contributed by atoms with E-state index in [-0.39, 0.29) is 24.4 Å². The van der Waals surface area contributed by atoms with Crippen LogP contribution in [0.4, 0.5) is 0 Å². The van der Waals surface area contributed by atoms with Gasteiger partial charge >= 0.3 is 0 Å². The highest BCUT2D eigenvalue weighted by Gasteiger charge is 2.16. The van der Waals surface area contributed by atoms with Crippen LogP contribution in [0.5, 0.6) is 0 Å². The van der Waals surface area contributed by atoms with Crippen molar-refractivity contribution in [2.75, 3.05) is 0 Å². The van der Waals surface area contributed by atoms with Gasteiger partial charge in [-0.25, -0.2) is 0 Å². The van der Waals surface area contributed by atoms with Crippen molar-refractivity contribution < 1.29 is 9.47 Å². The van der Waals surface area contributed by atoms with Gasteiger partial charge in [-0.15, -0.1) is 0 Å². The van der Waals surface area contributed by atoms with Gasteiger partial charge in [0.1, 0.15) is 0 Å². The summed E-state index contributed by atoms with van der Waals surface area (Å²) in [5, 5.41) is 2.92. The average molecular weight is 590 g/mol. The van der Waals surface area contributed by atoms with Crippen molar-refractivity contribution in [2.24, 2.45) is 0 Å². The van der Waals surface area contributed by atoms with Crippen molar-refractivity contribution in [3.8, 4) is 0 Å². The summed E-state index contributed by atoms with van der Waals surface area (Å²) in [6, 6.07) is 30.9. The van der Waals surface area contributed by atoms with Crippen LogP contribution in [-0.4, -0.2) is 0 Å². The lowest BCUT2D eigenvalue weighted by molar-refractivity contribution is 0.00573. The highest BCUT2D eigenvalue weighted by atomic mass is 35.5. The Hall–Kier alpha value is -2.04. The van der Waals surface area contributed by atoms with Gasteiger partial charge in [0.05, 0.1) is 24.4 Å². The molecule has 0 saturated heterocycles. The fourth-order valence-corrected chi connectivity index (χ4v) is 4.82. The minimum Gasteiger partial charge on any atom is -0.366 e. The maximum absolute atomic E-state index is 6.17. The van der Waals surface area contributed by atoms with Gasteiger partial charge in [-0.3, -0.25) is 0 Å². The van der Waals surface area contributed by atoms with Crippen molar-refractivity contribution >= 4 is 46.4 Å². The number of halogens is 4. The van der Waals surface area contributed by atoms with Gasteiger partial charge < -0.3 is 9.47 Å². The van der Waals surface area contributed by atoms with E-state index in [0.29, 0.717) is 0 Å². The normalized spacial score (nSPS) is 14.1. The first kappa shape index (κ1) is 30.5. The number of benzene rings is 4. The molecule has 0 aliphatic carbocycles. The zero-order valence-corrected chi connectivity index (χ0v) is 24.9. The molecular weight excluding hydrogens is 558 g/mol. The molecule has 0 aromatic heterocycles. The highest BCUT2D eigenvalue weighted by molar-refractivity contribution is 6.32. The van der Waals surface area contributed by atoms with Gasteiger partial charge in [-0.05, 0) is 86.3 Å².